The van der Waals surface area contributed by atoms with Crippen LogP contribution in [-0.4, -0.2) is 23.1 Å². The molecule has 1 fully saturated rings. The van der Waals surface area contributed by atoms with Crippen molar-refractivity contribution < 1.29 is 10.0 Å². The Labute approximate surface area is 61.4 Å². The summed E-state index contributed by atoms with van der Waals surface area (Å²) in [6, 6.07) is 0. The highest BCUT2D eigenvalue weighted by Gasteiger charge is 2.29. The average Bonchev–Trinajstić information content (AvgIpc) is 2.36. The van der Waals surface area contributed by atoms with Crippen LogP contribution in [0.4, 0.5) is 0 Å². The number of nitrogens with two attached hydrogens (primary N) is 1. The van der Waals surface area contributed by atoms with Gasteiger partial charge in [-0.3, -0.25) is 0 Å². The number of hydrogen-bond acceptors (Lipinski definition) is 3. The van der Waals surface area contributed by atoms with Gasteiger partial charge in [-0.25, -0.2) is 0 Å². The zero-order valence-electron chi connectivity index (χ0n) is 6.03. The van der Waals surface area contributed by atoms with E-state index in [0.717, 1.165) is 12.8 Å². The fraction of sp³-hybridized carbons (Fsp3) is 1.00. The van der Waals surface area contributed by atoms with E-state index in [0.29, 0.717) is 5.92 Å². The maximum atomic E-state index is 8.71. The molecule has 0 radical (unpaired) electrons. The van der Waals surface area contributed by atoms with Gasteiger partial charge in [0.25, 0.3) is 0 Å². The Kier molecular flexibility index (Phi) is 2.71. The van der Waals surface area contributed by atoms with E-state index in [1.807, 2.05) is 0 Å². The molecular weight excluding hydrogens is 129 g/mol. The molecule has 10 heavy (non-hydrogen) atoms. The Morgan fingerprint density at radius 1 is 1.30 bits per heavy atom. The van der Waals surface area contributed by atoms with Crippen molar-refractivity contribution >= 4 is 7.12 Å². The van der Waals surface area contributed by atoms with E-state index in [2.05, 4.69) is 0 Å². The molecule has 0 unspecified atom stereocenters. The van der Waals surface area contributed by atoms with Crippen LogP contribution >= 0.6 is 0 Å². The summed E-state index contributed by atoms with van der Waals surface area (Å²) in [4.78, 5) is 0. The molecule has 0 aromatic heterocycles. The second kappa shape index (κ2) is 3.37. The Morgan fingerprint density at radius 3 is 2.20 bits per heavy atom. The van der Waals surface area contributed by atoms with Crippen molar-refractivity contribution in [3.63, 3.8) is 0 Å². The molecule has 0 aromatic carbocycles. The highest BCUT2D eigenvalue weighted by atomic mass is 16.4. The average molecular weight is 143 g/mol. The fourth-order valence-electron chi connectivity index (χ4n) is 1.59. The molecule has 0 heterocycles. The largest absolute Gasteiger partial charge is 0.469 e. The van der Waals surface area contributed by atoms with Crippen LogP contribution in [0.25, 0.3) is 0 Å². The maximum absolute atomic E-state index is 8.71. The van der Waals surface area contributed by atoms with Gasteiger partial charge in [0.2, 0.25) is 0 Å². The molecule has 0 aliphatic heterocycles. The third-order valence-electron chi connectivity index (χ3n) is 2.29. The van der Waals surface area contributed by atoms with E-state index in [-0.39, 0.29) is 0 Å². The lowest BCUT2D eigenvalue weighted by Gasteiger charge is -2.16. The smallest absolute Gasteiger partial charge is 0.426 e. The third-order valence-corrected chi connectivity index (χ3v) is 2.29. The van der Waals surface area contributed by atoms with Crippen molar-refractivity contribution in [3.8, 4) is 0 Å². The van der Waals surface area contributed by atoms with Gasteiger partial charge in [-0.05, 0) is 18.8 Å². The van der Waals surface area contributed by atoms with Crippen LogP contribution in [0.2, 0.25) is 0 Å². The van der Waals surface area contributed by atoms with E-state index in [1.165, 1.54) is 12.8 Å². The number of rotatable bonds is 2. The topological polar surface area (TPSA) is 66.5 Å². The van der Waals surface area contributed by atoms with Gasteiger partial charge in [0.1, 0.15) is 0 Å². The van der Waals surface area contributed by atoms with Gasteiger partial charge >= 0.3 is 7.12 Å². The molecule has 4 N–H and O–H groups in total. The lowest BCUT2D eigenvalue weighted by Crippen LogP contribution is -2.44. The van der Waals surface area contributed by atoms with Crippen LogP contribution in [0, 0.1) is 5.92 Å². The summed E-state index contributed by atoms with van der Waals surface area (Å²) in [5, 5.41) is 17.4. The summed E-state index contributed by atoms with van der Waals surface area (Å²) >= 11 is 0. The summed E-state index contributed by atoms with van der Waals surface area (Å²) in [5.74, 6) is -0.0949. The summed E-state index contributed by atoms with van der Waals surface area (Å²) in [6.07, 6.45) is 4.48. The SMILES string of the molecule is N[C@H](B(O)O)C1CCCC1. The molecule has 0 bridgehead atoms. The molecule has 4 heteroatoms. The van der Waals surface area contributed by atoms with Crippen LogP contribution in [0.15, 0.2) is 0 Å². The predicted octanol–water partition coefficient (Wildman–Crippen LogP) is -0.484. The van der Waals surface area contributed by atoms with Crippen molar-refractivity contribution in [1.82, 2.24) is 0 Å². The van der Waals surface area contributed by atoms with Crippen LogP contribution in [0.1, 0.15) is 25.7 Å². The molecule has 1 aliphatic carbocycles. The first-order valence-electron chi connectivity index (χ1n) is 3.83. The Morgan fingerprint density at radius 2 is 1.80 bits per heavy atom. The molecule has 1 saturated carbocycles. The van der Waals surface area contributed by atoms with Crippen LogP contribution < -0.4 is 5.73 Å². The first-order valence-corrected chi connectivity index (χ1v) is 3.83. The van der Waals surface area contributed by atoms with Crippen LogP contribution in [0.5, 0.6) is 0 Å². The van der Waals surface area contributed by atoms with Crippen molar-refractivity contribution in [2.45, 2.75) is 31.6 Å². The lowest BCUT2D eigenvalue weighted by atomic mass is 9.72. The summed E-state index contributed by atoms with van der Waals surface area (Å²) in [6.45, 7) is 0. The first kappa shape index (κ1) is 8.05. The molecular formula is C6H14BNO2. The van der Waals surface area contributed by atoms with Crippen LogP contribution in [0.3, 0.4) is 0 Å². The highest BCUT2D eigenvalue weighted by molar-refractivity contribution is 6.43. The van der Waals surface area contributed by atoms with Gasteiger partial charge in [0.05, 0.1) is 0 Å². The highest BCUT2D eigenvalue weighted by Crippen LogP contribution is 2.26. The van der Waals surface area contributed by atoms with Gasteiger partial charge < -0.3 is 15.8 Å². The van der Waals surface area contributed by atoms with Crippen molar-refractivity contribution in [2.75, 3.05) is 0 Å². The van der Waals surface area contributed by atoms with E-state index in [9.17, 15) is 0 Å². The van der Waals surface area contributed by atoms with E-state index in [1.54, 1.807) is 0 Å². The Balaban J connectivity index is 2.32. The third kappa shape index (κ3) is 1.72. The minimum atomic E-state index is -1.33. The normalized spacial score (nSPS) is 23.1. The second-order valence-corrected chi connectivity index (χ2v) is 3.04. The second-order valence-electron chi connectivity index (χ2n) is 3.04. The fourth-order valence-corrected chi connectivity index (χ4v) is 1.59. The van der Waals surface area contributed by atoms with E-state index < -0.39 is 13.1 Å². The van der Waals surface area contributed by atoms with Crippen molar-refractivity contribution in [3.05, 3.63) is 0 Å². The monoisotopic (exact) mass is 143 g/mol. The van der Waals surface area contributed by atoms with E-state index in [4.69, 9.17) is 15.8 Å². The zero-order valence-corrected chi connectivity index (χ0v) is 6.03. The van der Waals surface area contributed by atoms with Gasteiger partial charge in [0, 0.05) is 5.94 Å². The summed E-state index contributed by atoms with van der Waals surface area (Å²) in [5.41, 5.74) is 5.52. The molecule has 0 aromatic rings. The first-order chi connectivity index (χ1) is 4.72. The Hall–Kier alpha value is -0.0551. The van der Waals surface area contributed by atoms with E-state index >= 15 is 0 Å². The van der Waals surface area contributed by atoms with Crippen molar-refractivity contribution in [1.29, 1.82) is 0 Å². The minimum Gasteiger partial charge on any atom is -0.426 e. The van der Waals surface area contributed by atoms with Gasteiger partial charge in [-0.2, -0.15) is 0 Å². The van der Waals surface area contributed by atoms with Gasteiger partial charge in [-0.15, -0.1) is 0 Å². The summed E-state index contributed by atoms with van der Waals surface area (Å²) in [7, 11) is -1.33. The molecule has 1 rings (SSSR count). The molecule has 0 amide bonds. The Bertz CT molecular complexity index is 104. The lowest BCUT2D eigenvalue weighted by molar-refractivity contribution is 0.352. The molecule has 0 spiro atoms. The standard InChI is InChI=1S/C6H14BNO2/c8-6(7(9)10)5-3-1-2-4-5/h5-6,9-10H,1-4,8H2/t6-/m0/s1. The minimum absolute atomic E-state index is 0.333. The summed E-state index contributed by atoms with van der Waals surface area (Å²) < 4.78 is 0. The van der Waals surface area contributed by atoms with Crippen LogP contribution in [-0.2, 0) is 0 Å². The van der Waals surface area contributed by atoms with Crippen molar-refractivity contribution in [2.24, 2.45) is 11.7 Å². The van der Waals surface area contributed by atoms with Gasteiger partial charge in [0.15, 0.2) is 0 Å². The molecule has 1 aliphatic rings. The predicted molar refractivity (Wildman–Crippen MR) is 40.1 cm³/mol. The zero-order chi connectivity index (χ0) is 7.56. The molecule has 58 valence electrons. The molecule has 1 atom stereocenters. The molecule has 0 saturated heterocycles. The quantitative estimate of drug-likeness (QED) is 0.457. The number of hydrogen-bond donors (Lipinski definition) is 3. The van der Waals surface area contributed by atoms with Gasteiger partial charge in [-0.1, -0.05) is 12.8 Å². The maximum Gasteiger partial charge on any atom is 0.469 e. The molecule has 3 nitrogen and oxygen atoms in total.